The largest absolute Gasteiger partial charge is 0.504 e. The molecular weight excluding hydrogens is 342 g/mol. The number of hydrogen-bond acceptors (Lipinski definition) is 5. The predicted molar refractivity (Wildman–Crippen MR) is 92.4 cm³/mol. The first-order chi connectivity index (χ1) is 10.5. The van der Waals surface area contributed by atoms with Gasteiger partial charge >= 0.3 is 0 Å². The van der Waals surface area contributed by atoms with Crippen molar-refractivity contribution in [1.29, 1.82) is 0 Å². The normalized spacial score (nSPS) is 10.0. The number of carbonyl (C=O) groups is 1. The summed E-state index contributed by atoms with van der Waals surface area (Å²) in [6.45, 7) is 0. The number of thiocarbonyl (C=S) groups is 1. The predicted octanol–water partition coefficient (Wildman–Crippen LogP) is 3.05. The molecular formula is C14H12ClN3O2S2. The van der Waals surface area contributed by atoms with Crippen molar-refractivity contribution in [3.05, 3.63) is 47.6 Å². The summed E-state index contributed by atoms with van der Waals surface area (Å²) in [6.07, 6.45) is 1.50. The zero-order valence-corrected chi connectivity index (χ0v) is 13.6. The minimum atomic E-state index is -0.257. The fourth-order valence-corrected chi connectivity index (χ4v) is 2.51. The first-order valence-electron chi connectivity index (χ1n) is 6.18. The summed E-state index contributed by atoms with van der Waals surface area (Å²) in [4.78, 5) is 16.6. The Balaban J connectivity index is 1.80. The number of anilines is 1. The minimum Gasteiger partial charge on any atom is -0.504 e. The molecule has 22 heavy (non-hydrogen) atoms. The van der Waals surface area contributed by atoms with Crippen molar-refractivity contribution in [2.45, 2.75) is 4.90 Å². The van der Waals surface area contributed by atoms with Gasteiger partial charge in [-0.3, -0.25) is 4.79 Å². The highest BCUT2D eigenvalue weighted by atomic mass is 35.5. The van der Waals surface area contributed by atoms with Crippen LogP contribution < -0.4 is 10.6 Å². The monoisotopic (exact) mass is 353 g/mol. The van der Waals surface area contributed by atoms with Crippen LogP contribution >= 0.6 is 35.6 Å². The number of aromatic nitrogens is 1. The Morgan fingerprint density at radius 2 is 2.05 bits per heavy atom. The molecule has 0 unspecified atom stereocenters. The van der Waals surface area contributed by atoms with Crippen LogP contribution in [0.4, 0.5) is 5.82 Å². The molecule has 0 radical (unpaired) electrons. The first-order valence-corrected chi connectivity index (χ1v) is 7.95. The van der Waals surface area contributed by atoms with Crippen molar-refractivity contribution in [2.24, 2.45) is 0 Å². The minimum absolute atomic E-state index is 0.0466. The number of rotatable bonds is 4. The van der Waals surface area contributed by atoms with Gasteiger partial charge in [0, 0.05) is 16.1 Å². The fraction of sp³-hybridized carbons (Fsp3) is 0.0714. The topological polar surface area (TPSA) is 74.2 Å². The van der Waals surface area contributed by atoms with Crippen molar-refractivity contribution in [3.8, 4) is 5.75 Å². The molecule has 1 amide bonds. The van der Waals surface area contributed by atoms with Crippen LogP contribution in [0, 0.1) is 0 Å². The number of halogens is 1. The molecule has 1 heterocycles. The standard InChI is InChI=1S/C14H12ClN3O2S2/c15-9-3-5-10(6-4-9)22-8-12(20)17-14(21)18-13-11(19)2-1-7-16-13/h1-7,19H,8H2,(H2,16,17,18,20,21). The van der Waals surface area contributed by atoms with Gasteiger partial charge in [0.2, 0.25) is 5.91 Å². The Bertz CT molecular complexity index is 680. The molecule has 0 saturated heterocycles. The smallest absolute Gasteiger partial charge is 0.236 e. The number of hydrogen-bond donors (Lipinski definition) is 3. The number of aromatic hydroxyl groups is 1. The van der Waals surface area contributed by atoms with E-state index in [2.05, 4.69) is 15.6 Å². The Morgan fingerprint density at radius 1 is 1.32 bits per heavy atom. The van der Waals surface area contributed by atoms with Gasteiger partial charge < -0.3 is 15.7 Å². The van der Waals surface area contributed by atoms with Gasteiger partial charge in [-0.25, -0.2) is 4.98 Å². The van der Waals surface area contributed by atoms with Gasteiger partial charge in [0.25, 0.3) is 0 Å². The van der Waals surface area contributed by atoms with Crippen LogP contribution in [0.5, 0.6) is 5.75 Å². The maximum absolute atomic E-state index is 11.8. The molecule has 8 heteroatoms. The van der Waals surface area contributed by atoms with E-state index in [0.717, 1.165) is 4.90 Å². The number of nitrogens with one attached hydrogen (secondary N) is 2. The number of benzene rings is 1. The molecule has 0 spiro atoms. The maximum atomic E-state index is 11.8. The molecule has 0 fully saturated rings. The summed E-state index contributed by atoms with van der Waals surface area (Å²) in [7, 11) is 0. The highest BCUT2D eigenvalue weighted by Gasteiger charge is 2.08. The van der Waals surface area contributed by atoms with Crippen LogP contribution in [0.1, 0.15) is 0 Å². The van der Waals surface area contributed by atoms with E-state index in [1.807, 2.05) is 12.1 Å². The van der Waals surface area contributed by atoms with Gasteiger partial charge in [0.05, 0.1) is 5.75 Å². The lowest BCUT2D eigenvalue weighted by molar-refractivity contribution is -0.117. The van der Waals surface area contributed by atoms with E-state index < -0.39 is 0 Å². The number of nitrogens with zero attached hydrogens (tertiary/aromatic N) is 1. The lowest BCUT2D eigenvalue weighted by Gasteiger charge is -2.09. The van der Waals surface area contributed by atoms with Crippen LogP contribution in [0.3, 0.4) is 0 Å². The fourth-order valence-electron chi connectivity index (χ4n) is 1.47. The quantitative estimate of drug-likeness (QED) is 0.579. The summed E-state index contributed by atoms with van der Waals surface area (Å²) in [5, 5.41) is 15.5. The molecule has 2 aromatic rings. The second-order valence-corrected chi connectivity index (χ2v) is 6.01. The molecule has 0 aliphatic rings. The van der Waals surface area contributed by atoms with Crippen LogP contribution in [-0.2, 0) is 4.79 Å². The molecule has 1 aromatic heterocycles. The van der Waals surface area contributed by atoms with E-state index in [9.17, 15) is 9.90 Å². The van der Waals surface area contributed by atoms with Crippen LogP contribution in [0.15, 0.2) is 47.5 Å². The van der Waals surface area contributed by atoms with Crippen molar-refractivity contribution in [2.75, 3.05) is 11.1 Å². The average Bonchev–Trinajstić information content (AvgIpc) is 2.49. The van der Waals surface area contributed by atoms with Gasteiger partial charge in [-0.1, -0.05) is 11.6 Å². The summed E-state index contributed by atoms with van der Waals surface area (Å²) in [5.41, 5.74) is 0. The summed E-state index contributed by atoms with van der Waals surface area (Å²) in [5.74, 6) is 0.0955. The van der Waals surface area contributed by atoms with Crippen molar-refractivity contribution in [1.82, 2.24) is 10.3 Å². The van der Waals surface area contributed by atoms with Gasteiger partial charge in [-0.2, -0.15) is 0 Å². The third kappa shape index (κ3) is 5.18. The van der Waals surface area contributed by atoms with Crippen LogP contribution in [0.2, 0.25) is 5.02 Å². The zero-order valence-electron chi connectivity index (χ0n) is 11.2. The molecule has 0 aliphatic heterocycles. The Hall–Kier alpha value is -1.83. The van der Waals surface area contributed by atoms with E-state index in [-0.39, 0.29) is 28.3 Å². The van der Waals surface area contributed by atoms with Gasteiger partial charge in [-0.05, 0) is 48.6 Å². The van der Waals surface area contributed by atoms with Crippen molar-refractivity contribution < 1.29 is 9.90 Å². The van der Waals surface area contributed by atoms with Gasteiger partial charge in [0.1, 0.15) is 0 Å². The van der Waals surface area contributed by atoms with Gasteiger partial charge in [0.15, 0.2) is 16.7 Å². The van der Waals surface area contributed by atoms with Crippen LogP contribution in [0.25, 0.3) is 0 Å². The second kappa shape index (κ2) is 7.98. The lowest BCUT2D eigenvalue weighted by atomic mass is 10.4. The molecule has 114 valence electrons. The van der Waals surface area contributed by atoms with E-state index >= 15 is 0 Å². The molecule has 1 aromatic carbocycles. The summed E-state index contributed by atoms with van der Waals surface area (Å²) >= 11 is 12.2. The first kappa shape index (κ1) is 16.5. The molecule has 0 saturated carbocycles. The zero-order chi connectivity index (χ0) is 15.9. The Labute approximate surface area is 142 Å². The molecule has 0 atom stereocenters. The van der Waals surface area contributed by atoms with E-state index in [0.29, 0.717) is 5.02 Å². The number of carbonyl (C=O) groups excluding carboxylic acids is 1. The molecule has 0 bridgehead atoms. The van der Waals surface area contributed by atoms with E-state index in [4.69, 9.17) is 23.8 Å². The molecule has 2 rings (SSSR count). The Morgan fingerprint density at radius 3 is 2.73 bits per heavy atom. The van der Waals surface area contributed by atoms with Gasteiger partial charge in [-0.15, -0.1) is 11.8 Å². The van der Waals surface area contributed by atoms with Crippen molar-refractivity contribution >= 4 is 52.4 Å². The average molecular weight is 354 g/mol. The third-order valence-corrected chi connectivity index (χ3v) is 3.92. The maximum Gasteiger partial charge on any atom is 0.236 e. The molecule has 3 N–H and O–H groups in total. The van der Waals surface area contributed by atoms with E-state index in [1.165, 1.54) is 24.0 Å². The number of amides is 1. The number of pyridine rings is 1. The third-order valence-electron chi connectivity index (χ3n) is 2.45. The molecule has 5 nitrogen and oxygen atoms in total. The highest BCUT2D eigenvalue weighted by molar-refractivity contribution is 8.00. The lowest BCUT2D eigenvalue weighted by Crippen LogP contribution is -2.35. The summed E-state index contributed by atoms with van der Waals surface area (Å²) < 4.78 is 0. The molecule has 0 aliphatic carbocycles. The van der Waals surface area contributed by atoms with E-state index in [1.54, 1.807) is 18.2 Å². The second-order valence-electron chi connectivity index (χ2n) is 4.12. The summed E-state index contributed by atoms with van der Waals surface area (Å²) in [6, 6.07) is 10.3. The SMILES string of the molecule is O=C(CSc1ccc(Cl)cc1)NC(=S)Nc1ncccc1O. The number of thioether (sulfide) groups is 1. The van der Waals surface area contributed by atoms with Crippen LogP contribution in [-0.4, -0.2) is 26.9 Å². The highest BCUT2D eigenvalue weighted by Crippen LogP contribution is 2.20. The Kier molecular flexibility index (Phi) is 6.00. The van der Waals surface area contributed by atoms with Crippen molar-refractivity contribution in [3.63, 3.8) is 0 Å².